The summed E-state index contributed by atoms with van der Waals surface area (Å²) in [6, 6.07) is 0. The highest BCUT2D eigenvalue weighted by atomic mass is 32.1. The summed E-state index contributed by atoms with van der Waals surface area (Å²) in [5.41, 5.74) is 6.69. The van der Waals surface area contributed by atoms with Crippen LogP contribution in [0.2, 0.25) is 0 Å². The Morgan fingerprint density at radius 1 is 1.53 bits per heavy atom. The van der Waals surface area contributed by atoms with Crippen LogP contribution >= 0.6 is 23.6 Å². The fourth-order valence-corrected chi connectivity index (χ4v) is 1.82. The molecule has 2 heterocycles. The fourth-order valence-electron chi connectivity index (χ4n) is 1.13. The van der Waals surface area contributed by atoms with E-state index in [2.05, 4.69) is 20.3 Å². The van der Waals surface area contributed by atoms with Crippen molar-refractivity contribution in [3.63, 3.8) is 0 Å². The monoisotopic (exact) mass is 267 g/mol. The van der Waals surface area contributed by atoms with Crippen LogP contribution in [-0.2, 0) is 6.54 Å². The molecule has 17 heavy (non-hydrogen) atoms. The third kappa shape index (κ3) is 3.08. The molecule has 0 saturated carbocycles. The first kappa shape index (κ1) is 11.7. The first-order chi connectivity index (χ1) is 8.15. The van der Waals surface area contributed by atoms with Gasteiger partial charge in [-0.25, -0.2) is 9.97 Å². The Balaban J connectivity index is 2.00. The molecule has 0 saturated heterocycles. The minimum Gasteiger partial charge on any atom is -0.388 e. The molecule has 2 aromatic rings. The van der Waals surface area contributed by atoms with Crippen LogP contribution in [0, 0.1) is 0 Å². The van der Waals surface area contributed by atoms with Crippen LogP contribution < -0.4 is 15.9 Å². The fraction of sp³-hybridized carbons (Fsp3) is 0.111. The number of hydrogen-bond donors (Lipinski definition) is 3. The summed E-state index contributed by atoms with van der Waals surface area (Å²) >= 11 is 5.89. The van der Waals surface area contributed by atoms with E-state index >= 15 is 0 Å². The van der Waals surface area contributed by atoms with Crippen LogP contribution in [0.3, 0.4) is 0 Å². The van der Waals surface area contributed by atoms with Crippen molar-refractivity contribution >= 4 is 34.4 Å². The number of aromatic amines is 1. The van der Waals surface area contributed by atoms with Crippen molar-refractivity contribution < 1.29 is 0 Å². The SMILES string of the molecule is NC(=S)c1cnc(NCc2csc(=O)[nH]2)cn1. The maximum absolute atomic E-state index is 10.9. The third-order valence-electron chi connectivity index (χ3n) is 1.94. The van der Waals surface area contributed by atoms with Gasteiger partial charge in [-0.2, -0.15) is 0 Å². The predicted octanol–water partition coefficient (Wildman–Crippen LogP) is 0.473. The van der Waals surface area contributed by atoms with E-state index in [-0.39, 0.29) is 9.86 Å². The number of thiazole rings is 1. The number of nitrogens with zero attached hydrogens (tertiary/aromatic N) is 2. The van der Waals surface area contributed by atoms with Gasteiger partial charge in [-0.15, -0.1) is 0 Å². The van der Waals surface area contributed by atoms with Crippen molar-refractivity contribution in [2.75, 3.05) is 5.32 Å². The summed E-state index contributed by atoms with van der Waals surface area (Å²) in [4.78, 5) is 21.9. The van der Waals surface area contributed by atoms with Crippen LogP contribution in [0.25, 0.3) is 0 Å². The van der Waals surface area contributed by atoms with Crippen LogP contribution in [0.5, 0.6) is 0 Å². The van der Waals surface area contributed by atoms with Gasteiger partial charge in [0.1, 0.15) is 16.5 Å². The molecule has 0 aliphatic heterocycles. The molecule has 6 nitrogen and oxygen atoms in total. The van der Waals surface area contributed by atoms with Crippen molar-refractivity contribution in [2.24, 2.45) is 5.73 Å². The molecule has 2 aromatic heterocycles. The van der Waals surface area contributed by atoms with Gasteiger partial charge in [0.15, 0.2) is 0 Å². The Morgan fingerprint density at radius 3 is 2.88 bits per heavy atom. The van der Waals surface area contributed by atoms with Crippen LogP contribution in [0.1, 0.15) is 11.4 Å². The highest BCUT2D eigenvalue weighted by molar-refractivity contribution is 7.80. The second-order valence-electron chi connectivity index (χ2n) is 3.18. The van der Waals surface area contributed by atoms with Crippen molar-refractivity contribution in [3.05, 3.63) is 38.8 Å². The standard InChI is InChI=1S/C9H9N5OS2/c10-8(16)6-2-13-7(3-11-6)12-1-5-4-17-9(15)14-5/h2-4H,1H2,(H2,10,16)(H,12,13)(H,14,15). The molecule has 0 aliphatic rings. The lowest BCUT2D eigenvalue weighted by atomic mass is 10.4. The van der Waals surface area contributed by atoms with E-state index in [0.717, 1.165) is 17.0 Å². The van der Waals surface area contributed by atoms with Gasteiger partial charge in [-0.1, -0.05) is 23.6 Å². The third-order valence-corrected chi connectivity index (χ3v) is 2.86. The van der Waals surface area contributed by atoms with Crippen LogP contribution in [0.15, 0.2) is 22.6 Å². The van der Waals surface area contributed by atoms with Gasteiger partial charge in [-0.05, 0) is 0 Å². The molecule has 88 valence electrons. The first-order valence-electron chi connectivity index (χ1n) is 4.67. The van der Waals surface area contributed by atoms with Gasteiger partial charge in [0.25, 0.3) is 0 Å². The number of H-pyrrole nitrogens is 1. The molecule has 0 amide bonds. The molecule has 0 bridgehead atoms. The van der Waals surface area contributed by atoms with E-state index in [1.165, 1.54) is 6.20 Å². The molecular formula is C9H9N5OS2. The minimum atomic E-state index is -0.0725. The lowest BCUT2D eigenvalue weighted by Crippen LogP contribution is -2.12. The smallest absolute Gasteiger partial charge is 0.304 e. The van der Waals surface area contributed by atoms with Crippen molar-refractivity contribution in [1.29, 1.82) is 0 Å². The molecule has 0 atom stereocenters. The molecule has 4 N–H and O–H groups in total. The molecule has 0 spiro atoms. The van der Waals surface area contributed by atoms with Crippen molar-refractivity contribution in [2.45, 2.75) is 6.54 Å². The predicted molar refractivity (Wildman–Crippen MR) is 70.2 cm³/mol. The Hall–Kier alpha value is -1.80. The zero-order valence-corrected chi connectivity index (χ0v) is 10.3. The van der Waals surface area contributed by atoms with E-state index in [9.17, 15) is 4.79 Å². The molecular weight excluding hydrogens is 258 g/mol. The van der Waals surface area contributed by atoms with E-state index in [1.54, 1.807) is 11.6 Å². The zero-order chi connectivity index (χ0) is 12.3. The van der Waals surface area contributed by atoms with E-state index in [1.807, 2.05) is 0 Å². The van der Waals surface area contributed by atoms with Crippen LogP contribution in [0.4, 0.5) is 5.82 Å². The van der Waals surface area contributed by atoms with E-state index in [4.69, 9.17) is 18.0 Å². The maximum Gasteiger partial charge on any atom is 0.304 e. The lowest BCUT2D eigenvalue weighted by Gasteiger charge is -2.03. The highest BCUT2D eigenvalue weighted by Gasteiger charge is 2.00. The lowest BCUT2D eigenvalue weighted by molar-refractivity contribution is 1.03. The molecule has 0 unspecified atom stereocenters. The van der Waals surface area contributed by atoms with Crippen molar-refractivity contribution in [1.82, 2.24) is 15.0 Å². The summed E-state index contributed by atoms with van der Waals surface area (Å²) in [7, 11) is 0. The summed E-state index contributed by atoms with van der Waals surface area (Å²) in [5.74, 6) is 0.594. The first-order valence-corrected chi connectivity index (χ1v) is 5.96. The van der Waals surface area contributed by atoms with Gasteiger partial charge >= 0.3 is 4.87 Å². The Labute approximate surface area is 106 Å². The largest absolute Gasteiger partial charge is 0.388 e. The Kier molecular flexibility index (Phi) is 3.45. The topological polar surface area (TPSA) is 96.7 Å². The number of nitrogens with two attached hydrogens (primary N) is 1. The molecule has 0 aliphatic carbocycles. The number of anilines is 1. The number of nitrogens with one attached hydrogen (secondary N) is 2. The summed E-state index contributed by atoms with van der Waals surface area (Å²) in [6.45, 7) is 0.486. The summed E-state index contributed by atoms with van der Waals surface area (Å²) in [5, 5.41) is 4.78. The minimum absolute atomic E-state index is 0.0725. The molecule has 2 rings (SSSR count). The van der Waals surface area contributed by atoms with Gasteiger partial charge in [-0.3, -0.25) is 4.79 Å². The van der Waals surface area contributed by atoms with Gasteiger partial charge in [0.2, 0.25) is 0 Å². The molecule has 0 radical (unpaired) electrons. The number of rotatable bonds is 4. The number of aromatic nitrogens is 3. The average Bonchev–Trinajstić information content (AvgIpc) is 2.73. The second kappa shape index (κ2) is 5.02. The summed E-state index contributed by atoms with van der Waals surface area (Å²) < 4.78 is 0. The highest BCUT2D eigenvalue weighted by Crippen LogP contribution is 2.04. The van der Waals surface area contributed by atoms with E-state index in [0.29, 0.717) is 18.1 Å². The molecule has 8 heteroatoms. The van der Waals surface area contributed by atoms with E-state index < -0.39 is 0 Å². The van der Waals surface area contributed by atoms with Crippen molar-refractivity contribution in [3.8, 4) is 0 Å². The Bertz CT molecular complexity index is 574. The summed E-state index contributed by atoms with van der Waals surface area (Å²) in [6.07, 6.45) is 3.04. The number of hydrogen-bond acceptors (Lipinski definition) is 6. The average molecular weight is 267 g/mol. The Morgan fingerprint density at radius 2 is 2.35 bits per heavy atom. The van der Waals surface area contributed by atoms with Crippen LogP contribution in [-0.4, -0.2) is 19.9 Å². The van der Waals surface area contributed by atoms with Gasteiger partial charge < -0.3 is 16.0 Å². The number of thiocarbonyl (C=S) groups is 1. The van der Waals surface area contributed by atoms with Gasteiger partial charge in [0.05, 0.1) is 18.9 Å². The molecule has 0 aromatic carbocycles. The molecule has 0 fully saturated rings. The zero-order valence-electron chi connectivity index (χ0n) is 8.64. The quantitative estimate of drug-likeness (QED) is 0.697. The second-order valence-corrected chi connectivity index (χ2v) is 4.46. The normalized spacial score (nSPS) is 10.1. The van der Waals surface area contributed by atoms with Gasteiger partial charge in [0, 0.05) is 11.1 Å². The maximum atomic E-state index is 10.9.